The van der Waals surface area contributed by atoms with Gasteiger partial charge in [0.05, 0.1) is 16.6 Å². The van der Waals surface area contributed by atoms with Gasteiger partial charge in [0.25, 0.3) is 5.69 Å². The first-order chi connectivity index (χ1) is 8.99. The van der Waals surface area contributed by atoms with Crippen LogP contribution in [-0.4, -0.2) is 23.4 Å². The predicted molar refractivity (Wildman–Crippen MR) is 69.6 cm³/mol. The van der Waals surface area contributed by atoms with E-state index >= 15 is 0 Å². The average Bonchev–Trinajstić information content (AvgIpc) is 2.39. The van der Waals surface area contributed by atoms with E-state index in [2.05, 4.69) is 10.6 Å². The molecule has 0 radical (unpaired) electrons. The molecule has 7 nitrogen and oxygen atoms in total. The van der Waals surface area contributed by atoms with Crippen LogP contribution in [0.3, 0.4) is 0 Å². The van der Waals surface area contributed by atoms with E-state index in [-0.39, 0.29) is 22.8 Å². The second-order valence-corrected chi connectivity index (χ2v) is 3.86. The molecule has 1 amide bonds. The van der Waals surface area contributed by atoms with Crippen molar-refractivity contribution in [3.8, 4) is 6.07 Å². The van der Waals surface area contributed by atoms with Crippen molar-refractivity contribution in [2.75, 3.05) is 11.9 Å². The van der Waals surface area contributed by atoms with Crippen molar-refractivity contribution >= 4 is 17.3 Å². The van der Waals surface area contributed by atoms with E-state index in [4.69, 9.17) is 5.26 Å². The van der Waals surface area contributed by atoms with Crippen molar-refractivity contribution in [1.82, 2.24) is 5.32 Å². The molecule has 0 bridgehead atoms. The Balaban J connectivity index is 2.98. The van der Waals surface area contributed by atoms with Crippen molar-refractivity contribution < 1.29 is 9.72 Å². The molecule has 0 heterocycles. The fraction of sp³-hybridized carbons (Fsp3) is 0.333. The first-order valence-electron chi connectivity index (χ1n) is 5.72. The average molecular weight is 262 g/mol. The summed E-state index contributed by atoms with van der Waals surface area (Å²) in [4.78, 5) is 21.9. The van der Waals surface area contributed by atoms with Gasteiger partial charge in [0.2, 0.25) is 5.91 Å². The summed E-state index contributed by atoms with van der Waals surface area (Å²) in [5.74, 6) is -0.249. The summed E-state index contributed by atoms with van der Waals surface area (Å²) in [6, 6.07) is 5.28. The number of nitrogens with zero attached hydrogens (tertiary/aromatic N) is 2. The highest BCUT2D eigenvalue weighted by molar-refractivity contribution is 5.85. The number of nitro benzene ring substituents is 1. The Labute approximate surface area is 110 Å². The van der Waals surface area contributed by atoms with Crippen LogP contribution in [0.15, 0.2) is 18.2 Å². The van der Waals surface area contributed by atoms with Gasteiger partial charge in [-0.1, -0.05) is 0 Å². The molecule has 19 heavy (non-hydrogen) atoms. The van der Waals surface area contributed by atoms with Crippen LogP contribution in [0.4, 0.5) is 11.4 Å². The van der Waals surface area contributed by atoms with Crippen molar-refractivity contribution in [1.29, 1.82) is 5.26 Å². The van der Waals surface area contributed by atoms with Crippen molar-refractivity contribution in [2.24, 2.45) is 0 Å². The lowest BCUT2D eigenvalue weighted by atomic mass is 10.1. The van der Waals surface area contributed by atoms with E-state index in [1.807, 2.05) is 6.07 Å². The minimum Gasteiger partial charge on any atom is -0.368 e. The number of carbonyl (C=O) groups excluding carboxylic acids is 1. The zero-order valence-corrected chi connectivity index (χ0v) is 10.6. The quantitative estimate of drug-likeness (QED) is 0.616. The molecule has 7 heteroatoms. The van der Waals surface area contributed by atoms with Gasteiger partial charge in [-0.15, -0.1) is 0 Å². The van der Waals surface area contributed by atoms with E-state index < -0.39 is 11.0 Å². The molecule has 100 valence electrons. The lowest BCUT2D eigenvalue weighted by Gasteiger charge is -2.14. The molecule has 1 atom stereocenters. The van der Waals surface area contributed by atoms with Gasteiger partial charge in [-0.05, 0) is 26.0 Å². The van der Waals surface area contributed by atoms with Gasteiger partial charge in [0, 0.05) is 12.6 Å². The van der Waals surface area contributed by atoms with Crippen molar-refractivity contribution in [3.05, 3.63) is 33.9 Å². The molecule has 1 rings (SSSR count). The fourth-order valence-corrected chi connectivity index (χ4v) is 1.50. The van der Waals surface area contributed by atoms with Gasteiger partial charge >= 0.3 is 0 Å². The zero-order valence-electron chi connectivity index (χ0n) is 10.6. The number of benzene rings is 1. The number of carbonyl (C=O) groups is 1. The van der Waals surface area contributed by atoms with E-state index in [1.54, 1.807) is 13.8 Å². The first-order valence-corrected chi connectivity index (χ1v) is 5.72. The highest BCUT2D eigenvalue weighted by atomic mass is 16.6. The number of nitriles is 1. The second-order valence-electron chi connectivity index (χ2n) is 3.86. The minimum absolute atomic E-state index is 0.197. The standard InChI is InChI=1S/C12H14N4O3/c1-3-14-12(17)8(2)15-10-5-4-9(7-13)6-11(10)16(18)19/h4-6,8,15H,3H2,1-2H3,(H,14,17)/t8-/m0/s1. The largest absolute Gasteiger partial charge is 0.368 e. The third kappa shape index (κ3) is 3.67. The molecule has 0 aliphatic carbocycles. The Morgan fingerprint density at radius 3 is 2.79 bits per heavy atom. The molecule has 0 aliphatic heterocycles. The topological polar surface area (TPSA) is 108 Å². The van der Waals surface area contributed by atoms with E-state index in [1.165, 1.54) is 18.2 Å². The molecule has 0 fully saturated rings. The van der Waals surface area contributed by atoms with Gasteiger partial charge in [-0.3, -0.25) is 14.9 Å². The van der Waals surface area contributed by atoms with E-state index in [9.17, 15) is 14.9 Å². The van der Waals surface area contributed by atoms with Gasteiger partial charge in [-0.25, -0.2) is 0 Å². The number of anilines is 1. The van der Waals surface area contributed by atoms with Crippen LogP contribution in [0.2, 0.25) is 0 Å². The maximum absolute atomic E-state index is 11.6. The van der Waals surface area contributed by atoms with Crippen LogP contribution in [0.1, 0.15) is 19.4 Å². The van der Waals surface area contributed by atoms with Crippen LogP contribution >= 0.6 is 0 Å². The van der Waals surface area contributed by atoms with Crippen LogP contribution in [0, 0.1) is 21.4 Å². The molecule has 0 saturated carbocycles. The molecule has 0 aliphatic rings. The number of amides is 1. The summed E-state index contributed by atoms with van der Waals surface area (Å²) >= 11 is 0. The van der Waals surface area contributed by atoms with Gasteiger partial charge in [-0.2, -0.15) is 5.26 Å². The van der Waals surface area contributed by atoms with E-state index in [0.29, 0.717) is 6.54 Å². The predicted octanol–water partition coefficient (Wildman–Crippen LogP) is 1.40. The molecule has 1 aromatic rings. The molecular weight excluding hydrogens is 248 g/mol. The molecule has 2 N–H and O–H groups in total. The monoisotopic (exact) mass is 262 g/mol. The number of nitro groups is 1. The number of rotatable bonds is 5. The van der Waals surface area contributed by atoms with Crippen molar-refractivity contribution in [3.63, 3.8) is 0 Å². The maximum Gasteiger partial charge on any atom is 0.293 e. The SMILES string of the molecule is CCNC(=O)[C@H](C)Nc1ccc(C#N)cc1[N+](=O)[O-]. The summed E-state index contributed by atoms with van der Waals surface area (Å²) in [5, 5.41) is 25.0. The van der Waals surface area contributed by atoms with Crippen LogP contribution < -0.4 is 10.6 Å². The smallest absolute Gasteiger partial charge is 0.293 e. The van der Waals surface area contributed by atoms with Crippen molar-refractivity contribution in [2.45, 2.75) is 19.9 Å². The minimum atomic E-state index is -0.605. The highest BCUT2D eigenvalue weighted by Gasteiger charge is 2.19. The highest BCUT2D eigenvalue weighted by Crippen LogP contribution is 2.25. The number of nitrogens with one attached hydrogen (secondary N) is 2. The zero-order chi connectivity index (χ0) is 14.4. The normalized spacial score (nSPS) is 11.2. The Morgan fingerprint density at radius 1 is 1.58 bits per heavy atom. The summed E-state index contributed by atoms with van der Waals surface area (Å²) < 4.78 is 0. The number of hydrogen-bond donors (Lipinski definition) is 2. The maximum atomic E-state index is 11.6. The second kappa shape index (κ2) is 6.35. The third-order valence-corrected chi connectivity index (χ3v) is 2.44. The Hall–Kier alpha value is -2.62. The van der Waals surface area contributed by atoms with Gasteiger partial charge in [0.1, 0.15) is 11.7 Å². The van der Waals surface area contributed by atoms with Gasteiger partial charge in [0.15, 0.2) is 0 Å². The summed E-state index contributed by atoms with van der Waals surface area (Å²) in [5.41, 5.74) is 0.181. The molecule has 0 unspecified atom stereocenters. The lowest BCUT2D eigenvalue weighted by molar-refractivity contribution is -0.384. The third-order valence-electron chi connectivity index (χ3n) is 2.44. The van der Waals surface area contributed by atoms with Gasteiger partial charge < -0.3 is 10.6 Å². The van der Waals surface area contributed by atoms with Crippen LogP contribution in [0.25, 0.3) is 0 Å². The number of hydrogen-bond acceptors (Lipinski definition) is 5. The molecule has 1 aromatic carbocycles. The Morgan fingerprint density at radius 2 is 2.26 bits per heavy atom. The summed E-state index contributed by atoms with van der Waals surface area (Å²) in [6.07, 6.45) is 0. The molecular formula is C12H14N4O3. The molecule has 0 aromatic heterocycles. The molecule has 0 saturated heterocycles. The lowest BCUT2D eigenvalue weighted by Crippen LogP contribution is -2.37. The Bertz CT molecular complexity index is 536. The summed E-state index contributed by atoms with van der Waals surface area (Å²) in [7, 11) is 0. The Kier molecular flexibility index (Phi) is 4.83. The molecule has 0 spiro atoms. The summed E-state index contributed by atoms with van der Waals surface area (Å²) in [6.45, 7) is 3.88. The van der Waals surface area contributed by atoms with Crippen LogP contribution in [0.5, 0.6) is 0 Å². The first kappa shape index (κ1) is 14.4. The van der Waals surface area contributed by atoms with E-state index in [0.717, 1.165) is 0 Å². The van der Waals surface area contributed by atoms with Crippen LogP contribution in [-0.2, 0) is 4.79 Å². The number of likely N-dealkylation sites (N-methyl/N-ethyl adjacent to an activating group) is 1. The fourth-order valence-electron chi connectivity index (χ4n) is 1.50.